The first-order valence-corrected chi connectivity index (χ1v) is 9.49. The summed E-state index contributed by atoms with van der Waals surface area (Å²) in [5.74, 6) is 0.870. The maximum atomic E-state index is 12.5. The van der Waals surface area contributed by atoms with E-state index in [4.69, 9.17) is 4.74 Å². The number of nitrogens with one attached hydrogen (secondary N) is 2. The normalized spacial score (nSPS) is 23.4. The topological polar surface area (TPSA) is 68.2 Å². The molecule has 0 spiro atoms. The van der Waals surface area contributed by atoms with Crippen LogP contribution < -0.4 is 10.6 Å². The van der Waals surface area contributed by atoms with Gasteiger partial charge in [0.15, 0.2) is 0 Å². The van der Waals surface area contributed by atoms with Crippen LogP contribution in [-0.4, -0.2) is 46.8 Å². The van der Waals surface area contributed by atoms with E-state index >= 15 is 0 Å². The highest BCUT2D eigenvalue weighted by atomic mass is 16.5. The zero-order valence-electron chi connectivity index (χ0n) is 14.9. The number of rotatable bonds is 6. The third-order valence-corrected chi connectivity index (χ3v) is 5.35. The summed E-state index contributed by atoms with van der Waals surface area (Å²) in [5.41, 5.74) is 1.02. The summed E-state index contributed by atoms with van der Waals surface area (Å²) in [6.07, 6.45) is 7.90. The van der Waals surface area contributed by atoms with Crippen LogP contribution in [-0.2, 0) is 16.1 Å². The number of hydrogen-bond acceptors (Lipinski definition) is 4. The Kier molecular flexibility index (Phi) is 5.32. The maximum Gasteiger partial charge on any atom is 0.240 e. The molecule has 0 bridgehead atoms. The van der Waals surface area contributed by atoms with Crippen LogP contribution in [0.3, 0.4) is 0 Å². The first-order chi connectivity index (χ1) is 12.8. The molecule has 1 amide bonds. The highest BCUT2D eigenvalue weighted by molar-refractivity contribution is 5.77. The Morgan fingerprint density at radius 1 is 1.12 bits per heavy atom. The SMILES string of the molecule is O=C(Cn1ccnc1-c1ccccc1)N[C@H]1CC[C@H]1NC1CCOCC1. The molecule has 2 N–H and O–H groups in total. The van der Waals surface area contributed by atoms with Gasteiger partial charge in [0.25, 0.3) is 0 Å². The Bertz CT molecular complexity index is 724. The van der Waals surface area contributed by atoms with Crippen LogP contribution in [0.1, 0.15) is 25.7 Å². The Morgan fingerprint density at radius 2 is 1.88 bits per heavy atom. The summed E-state index contributed by atoms with van der Waals surface area (Å²) in [5, 5.41) is 6.88. The molecule has 1 aliphatic heterocycles. The van der Waals surface area contributed by atoms with Crippen molar-refractivity contribution in [3.8, 4) is 11.4 Å². The number of imidazole rings is 1. The van der Waals surface area contributed by atoms with Crippen molar-refractivity contribution in [3.63, 3.8) is 0 Å². The molecule has 0 radical (unpaired) electrons. The summed E-state index contributed by atoms with van der Waals surface area (Å²) < 4.78 is 7.32. The van der Waals surface area contributed by atoms with Crippen LogP contribution in [0.5, 0.6) is 0 Å². The van der Waals surface area contributed by atoms with Crippen molar-refractivity contribution in [2.75, 3.05) is 13.2 Å². The first-order valence-electron chi connectivity index (χ1n) is 9.49. The standard InChI is InChI=1S/C20H26N4O2/c25-19(14-24-11-10-21-20(24)15-4-2-1-3-5-15)23-18-7-6-17(18)22-16-8-12-26-13-9-16/h1-5,10-11,16-18,22H,6-9,12-14H2,(H,23,25)/t17-,18+/m1/s1. The Hall–Kier alpha value is -2.18. The Balaban J connectivity index is 1.31. The Labute approximate surface area is 154 Å². The predicted molar refractivity (Wildman–Crippen MR) is 99.6 cm³/mol. The molecule has 2 aliphatic rings. The van der Waals surface area contributed by atoms with Crippen molar-refractivity contribution >= 4 is 5.91 Å². The highest BCUT2D eigenvalue weighted by Gasteiger charge is 2.33. The number of benzene rings is 1. The van der Waals surface area contributed by atoms with Crippen molar-refractivity contribution in [1.29, 1.82) is 0 Å². The summed E-state index contributed by atoms with van der Waals surface area (Å²) in [7, 11) is 0. The van der Waals surface area contributed by atoms with Gasteiger partial charge in [0.1, 0.15) is 12.4 Å². The fourth-order valence-corrected chi connectivity index (χ4v) is 3.73. The van der Waals surface area contributed by atoms with E-state index in [-0.39, 0.29) is 11.9 Å². The number of amides is 1. The van der Waals surface area contributed by atoms with E-state index in [1.54, 1.807) is 6.20 Å². The maximum absolute atomic E-state index is 12.5. The number of carbonyl (C=O) groups excluding carboxylic acids is 1. The van der Waals surface area contributed by atoms with Gasteiger partial charge in [-0.15, -0.1) is 0 Å². The zero-order valence-corrected chi connectivity index (χ0v) is 14.9. The zero-order chi connectivity index (χ0) is 17.8. The van der Waals surface area contributed by atoms with Crippen LogP contribution in [0, 0.1) is 0 Å². The number of hydrogen-bond donors (Lipinski definition) is 2. The quantitative estimate of drug-likeness (QED) is 0.832. The van der Waals surface area contributed by atoms with Gasteiger partial charge in [0.05, 0.1) is 0 Å². The van der Waals surface area contributed by atoms with Gasteiger partial charge in [-0.25, -0.2) is 4.98 Å². The summed E-state index contributed by atoms with van der Waals surface area (Å²) in [6.45, 7) is 1.97. The average molecular weight is 354 g/mol. The second-order valence-corrected chi connectivity index (χ2v) is 7.16. The lowest BCUT2D eigenvalue weighted by molar-refractivity contribution is -0.123. The molecule has 4 rings (SSSR count). The van der Waals surface area contributed by atoms with Crippen LogP contribution >= 0.6 is 0 Å². The molecule has 6 nitrogen and oxygen atoms in total. The van der Waals surface area contributed by atoms with Crippen molar-refractivity contribution in [2.24, 2.45) is 0 Å². The molecule has 138 valence electrons. The van der Waals surface area contributed by atoms with Gasteiger partial charge in [0.2, 0.25) is 5.91 Å². The summed E-state index contributed by atoms with van der Waals surface area (Å²) >= 11 is 0. The fraction of sp³-hybridized carbons (Fsp3) is 0.500. The van der Waals surface area contributed by atoms with Crippen LogP contribution in [0.15, 0.2) is 42.7 Å². The Morgan fingerprint density at radius 3 is 2.62 bits per heavy atom. The van der Waals surface area contributed by atoms with Crippen molar-refractivity contribution in [3.05, 3.63) is 42.7 Å². The third-order valence-electron chi connectivity index (χ3n) is 5.35. The second kappa shape index (κ2) is 8.01. The van der Waals surface area contributed by atoms with Crippen molar-refractivity contribution in [2.45, 2.75) is 50.4 Å². The third kappa shape index (κ3) is 3.97. The molecule has 2 fully saturated rings. The number of carbonyl (C=O) groups is 1. The lowest BCUT2D eigenvalue weighted by atomic mass is 9.85. The van der Waals surface area contributed by atoms with Gasteiger partial charge >= 0.3 is 0 Å². The van der Waals surface area contributed by atoms with E-state index < -0.39 is 0 Å². The summed E-state index contributed by atoms with van der Waals surface area (Å²) in [6, 6.07) is 11.1. The van der Waals surface area contributed by atoms with Gasteiger partial charge in [-0.3, -0.25) is 4.79 Å². The first kappa shape index (κ1) is 17.2. The molecular weight excluding hydrogens is 328 g/mol. The van der Waals surface area contributed by atoms with Gasteiger partial charge in [-0.2, -0.15) is 0 Å². The number of aromatic nitrogens is 2. The fourth-order valence-electron chi connectivity index (χ4n) is 3.73. The predicted octanol–water partition coefficient (Wildman–Crippen LogP) is 1.97. The lowest BCUT2D eigenvalue weighted by Gasteiger charge is -2.41. The van der Waals surface area contributed by atoms with Crippen molar-refractivity contribution < 1.29 is 9.53 Å². The molecule has 1 saturated heterocycles. The molecule has 26 heavy (non-hydrogen) atoms. The molecule has 2 atom stereocenters. The van der Waals surface area contributed by atoms with Crippen LogP contribution in [0.25, 0.3) is 11.4 Å². The smallest absolute Gasteiger partial charge is 0.240 e. The van der Waals surface area contributed by atoms with Crippen molar-refractivity contribution in [1.82, 2.24) is 20.2 Å². The molecular formula is C20H26N4O2. The van der Waals surface area contributed by atoms with E-state index in [1.165, 1.54) is 0 Å². The van der Waals surface area contributed by atoms with E-state index in [0.29, 0.717) is 18.6 Å². The molecule has 1 aromatic carbocycles. The largest absolute Gasteiger partial charge is 0.381 e. The number of nitrogens with zero attached hydrogens (tertiary/aromatic N) is 2. The van der Waals surface area contributed by atoms with E-state index in [2.05, 4.69) is 15.6 Å². The highest BCUT2D eigenvalue weighted by Crippen LogP contribution is 2.22. The van der Waals surface area contributed by atoms with Crippen LogP contribution in [0.4, 0.5) is 0 Å². The molecule has 1 aliphatic carbocycles. The van der Waals surface area contributed by atoms with Gasteiger partial charge in [-0.1, -0.05) is 30.3 Å². The molecule has 2 aromatic rings. The number of ether oxygens (including phenoxy) is 1. The minimum Gasteiger partial charge on any atom is -0.381 e. The minimum atomic E-state index is 0.0451. The monoisotopic (exact) mass is 354 g/mol. The molecule has 1 saturated carbocycles. The van der Waals surface area contributed by atoms with Crippen LogP contribution in [0.2, 0.25) is 0 Å². The van der Waals surface area contributed by atoms with Gasteiger partial charge < -0.3 is 19.9 Å². The summed E-state index contributed by atoms with van der Waals surface area (Å²) in [4.78, 5) is 16.9. The van der Waals surface area contributed by atoms with Gasteiger partial charge in [-0.05, 0) is 25.7 Å². The molecule has 0 unspecified atom stereocenters. The lowest BCUT2D eigenvalue weighted by Crippen LogP contribution is -2.59. The van der Waals surface area contributed by atoms with E-state index in [1.807, 2.05) is 41.1 Å². The van der Waals surface area contributed by atoms with Gasteiger partial charge in [0, 0.05) is 49.3 Å². The molecule has 1 aromatic heterocycles. The van der Waals surface area contributed by atoms with E-state index in [0.717, 1.165) is 50.3 Å². The minimum absolute atomic E-state index is 0.0451. The molecule has 2 heterocycles. The average Bonchev–Trinajstić information content (AvgIpc) is 3.13. The molecule has 6 heteroatoms. The second-order valence-electron chi connectivity index (χ2n) is 7.16. The van der Waals surface area contributed by atoms with E-state index in [9.17, 15) is 4.79 Å².